The van der Waals surface area contributed by atoms with Gasteiger partial charge in [-0.3, -0.25) is 4.79 Å². The van der Waals surface area contributed by atoms with Crippen molar-refractivity contribution in [2.45, 2.75) is 31.3 Å². The minimum absolute atomic E-state index is 0.107. The van der Waals surface area contributed by atoms with Crippen LogP contribution in [0.15, 0.2) is 72.2 Å². The Morgan fingerprint density at radius 3 is 2.56 bits per heavy atom. The Labute approximate surface area is 240 Å². The van der Waals surface area contributed by atoms with Gasteiger partial charge in [-0.1, -0.05) is 30.3 Å². The average molecular weight is 600 g/mol. The molecule has 2 atom stereocenters. The normalized spacial score (nSPS) is 16.4. The lowest BCUT2D eigenvalue weighted by Gasteiger charge is -2.27. The molecule has 2 N–H and O–H groups in total. The van der Waals surface area contributed by atoms with Crippen molar-refractivity contribution in [1.82, 2.24) is 19.3 Å². The molecule has 214 valence electrons. The molecule has 1 aliphatic rings. The number of fused-ring (bicyclic) bond motifs is 1. The lowest BCUT2D eigenvalue weighted by Crippen LogP contribution is -2.54. The number of likely N-dealkylation sites (N-methyl/N-ethyl adjacent to an activating group) is 1. The van der Waals surface area contributed by atoms with Crippen molar-refractivity contribution in [3.05, 3.63) is 95.0 Å². The summed E-state index contributed by atoms with van der Waals surface area (Å²) in [5.41, 5.74) is 3.73. The maximum Gasteiger partial charge on any atom is 0.330 e. The second-order valence-corrected chi connectivity index (χ2v) is 12.2. The van der Waals surface area contributed by atoms with Crippen LogP contribution in [0.4, 0.5) is 19.3 Å². The third-order valence-electron chi connectivity index (χ3n) is 6.92. The Hall–Kier alpha value is -3.94. The zero-order valence-electron chi connectivity index (χ0n) is 22.0. The molecule has 1 fully saturated rings. The van der Waals surface area contributed by atoms with Gasteiger partial charge in [-0.25, -0.2) is 23.3 Å². The maximum atomic E-state index is 13.9. The minimum Gasteiger partial charge on any atom is -0.325 e. The van der Waals surface area contributed by atoms with E-state index in [9.17, 15) is 26.8 Å². The number of nitrogens with one attached hydrogen (secondary N) is 2. The van der Waals surface area contributed by atoms with Crippen molar-refractivity contribution >= 4 is 49.4 Å². The highest BCUT2D eigenvalue weighted by Gasteiger charge is 2.37. The van der Waals surface area contributed by atoms with Crippen LogP contribution in [0.1, 0.15) is 30.0 Å². The first kappa shape index (κ1) is 28.6. The third-order valence-corrected chi connectivity index (χ3v) is 9.22. The number of thiazole rings is 1. The molecule has 5 rings (SSSR count). The number of rotatable bonds is 8. The summed E-state index contributed by atoms with van der Waals surface area (Å²) < 4.78 is 58.5. The van der Waals surface area contributed by atoms with Gasteiger partial charge >= 0.3 is 16.2 Å². The van der Waals surface area contributed by atoms with Gasteiger partial charge in [0.25, 0.3) is 0 Å². The predicted molar refractivity (Wildman–Crippen MR) is 153 cm³/mol. The van der Waals surface area contributed by atoms with Crippen molar-refractivity contribution < 1.29 is 26.8 Å². The van der Waals surface area contributed by atoms with Crippen LogP contribution < -0.4 is 14.9 Å². The van der Waals surface area contributed by atoms with Gasteiger partial charge in [0.15, 0.2) is 0 Å². The van der Waals surface area contributed by atoms with Gasteiger partial charge in [0.1, 0.15) is 17.7 Å². The van der Waals surface area contributed by atoms with Crippen LogP contribution in [-0.2, 0) is 21.4 Å². The van der Waals surface area contributed by atoms with E-state index in [0.717, 1.165) is 22.4 Å². The molecular formula is C28H27F2N5O4S2. The maximum absolute atomic E-state index is 13.9. The topological polar surface area (TPSA) is 112 Å². The molecule has 41 heavy (non-hydrogen) atoms. The molecule has 2 unspecified atom stereocenters. The van der Waals surface area contributed by atoms with Crippen LogP contribution >= 0.6 is 11.3 Å². The molecule has 3 amide bonds. The number of aromatic nitrogens is 1. The van der Waals surface area contributed by atoms with E-state index in [1.54, 1.807) is 23.7 Å². The number of nitrogens with zero attached hydrogens (tertiary/aromatic N) is 3. The minimum atomic E-state index is -4.29. The Kier molecular flexibility index (Phi) is 8.29. The van der Waals surface area contributed by atoms with Crippen molar-refractivity contribution in [2.75, 3.05) is 18.5 Å². The van der Waals surface area contributed by atoms with Crippen LogP contribution in [0.2, 0.25) is 0 Å². The van der Waals surface area contributed by atoms with E-state index >= 15 is 0 Å². The number of urea groups is 1. The summed E-state index contributed by atoms with van der Waals surface area (Å²) in [6.07, 6.45) is 0.913. The molecule has 13 heteroatoms. The van der Waals surface area contributed by atoms with E-state index in [2.05, 4.69) is 10.3 Å². The molecular weight excluding hydrogens is 572 g/mol. The van der Waals surface area contributed by atoms with Crippen LogP contribution in [-0.4, -0.2) is 49.3 Å². The Morgan fingerprint density at radius 1 is 1.10 bits per heavy atom. The number of benzene rings is 3. The molecule has 2 heterocycles. The second-order valence-electron chi connectivity index (χ2n) is 9.70. The van der Waals surface area contributed by atoms with Crippen molar-refractivity contribution in [2.24, 2.45) is 0 Å². The predicted octanol–water partition coefficient (Wildman–Crippen LogP) is 4.53. The summed E-state index contributed by atoms with van der Waals surface area (Å²) in [7, 11) is -2.80. The van der Waals surface area contributed by atoms with E-state index in [-0.39, 0.29) is 18.5 Å². The van der Waals surface area contributed by atoms with Gasteiger partial charge in [-0.15, -0.1) is 11.3 Å². The van der Waals surface area contributed by atoms with Gasteiger partial charge in [-0.05, 0) is 54.3 Å². The fraction of sp³-hybridized carbons (Fsp3) is 0.250. The van der Waals surface area contributed by atoms with Gasteiger partial charge in [0.2, 0.25) is 5.91 Å². The third kappa shape index (κ3) is 6.53. The molecule has 0 radical (unpaired) electrons. The largest absolute Gasteiger partial charge is 0.330 e. The molecule has 0 bridgehead atoms. The highest BCUT2D eigenvalue weighted by Crippen LogP contribution is 2.33. The van der Waals surface area contributed by atoms with Crippen molar-refractivity contribution in [3.63, 3.8) is 0 Å². The smallest absolute Gasteiger partial charge is 0.325 e. The van der Waals surface area contributed by atoms with Gasteiger partial charge in [0, 0.05) is 31.8 Å². The van der Waals surface area contributed by atoms with Gasteiger partial charge < -0.3 is 10.2 Å². The van der Waals surface area contributed by atoms with E-state index in [1.807, 2.05) is 35.1 Å². The lowest BCUT2D eigenvalue weighted by molar-refractivity contribution is -0.120. The molecule has 0 aliphatic carbocycles. The first-order chi connectivity index (χ1) is 19.6. The zero-order chi connectivity index (χ0) is 29.1. The fourth-order valence-corrected chi connectivity index (χ4v) is 6.98. The number of carbonyl (C=O) groups is 2. The molecule has 3 aromatic carbocycles. The first-order valence-corrected chi connectivity index (χ1v) is 15.1. The average Bonchev–Trinajstić information content (AvgIpc) is 3.61. The summed E-state index contributed by atoms with van der Waals surface area (Å²) in [6, 6.07) is 14.2. The second kappa shape index (κ2) is 11.9. The SMILES string of the molecule is CN(C(=O)C(Cc1cc(F)cc(F)c1)NC(=O)NS(=O)(=O)N1CCCC1c1ccccc1)c1ccc2scnc2c1. The Balaban J connectivity index is 1.37. The number of hydrogen-bond donors (Lipinski definition) is 2. The molecule has 4 aromatic rings. The highest BCUT2D eigenvalue weighted by atomic mass is 32.2. The summed E-state index contributed by atoms with van der Waals surface area (Å²) in [5.74, 6) is -2.32. The molecule has 1 aliphatic heterocycles. The standard InChI is InChI=1S/C28H27F2N5O4S2/c1-34(22-9-10-26-23(16-22)31-17-40-26)27(36)24(14-18-12-20(29)15-21(30)13-18)32-28(37)33-41(38,39)35-11-5-8-25(35)19-6-3-2-4-7-19/h2-4,6-7,9-10,12-13,15-17,24-25H,5,8,11,14H2,1H3,(H2,32,33,37). The molecule has 1 aromatic heterocycles. The monoisotopic (exact) mass is 599 g/mol. The van der Waals surface area contributed by atoms with Crippen LogP contribution in [0.5, 0.6) is 0 Å². The number of halogens is 2. The quantitative estimate of drug-likeness (QED) is 0.309. The number of carbonyl (C=O) groups excluding carboxylic acids is 2. The number of hydrogen-bond acceptors (Lipinski definition) is 6. The Bertz CT molecular complexity index is 1660. The van der Waals surface area contributed by atoms with Crippen LogP contribution in [0, 0.1) is 11.6 Å². The van der Waals surface area contributed by atoms with E-state index in [1.165, 1.54) is 27.6 Å². The summed E-state index contributed by atoms with van der Waals surface area (Å²) in [4.78, 5) is 32.2. The van der Waals surface area contributed by atoms with Crippen LogP contribution in [0.3, 0.4) is 0 Å². The van der Waals surface area contributed by atoms with E-state index in [0.29, 0.717) is 30.1 Å². The lowest BCUT2D eigenvalue weighted by atomic mass is 10.0. The summed E-state index contributed by atoms with van der Waals surface area (Å²) in [6.45, 7) is 0.217. The summed E-state index contributed by atoms with van der Waals surface area (Å²) >= 11 is 1.44. The molecule has 0 spiro atoms. The van der Waals surface area contributed by atoms with Crippen molar-refractivity contribution in [1.29, 1.82) is 0 Å². The van der Waals surface area contributed by atoms with Gasteiger partial charge in [-0.2, -0.15) is 12.7 Å². The summed E-state index contributed by atoms with van der Waals surface area (Å²) in [5, 5.41) is 2.42. The van der Waals surface area contributed by atoms with Crippen LogP contribution in [0.25, 0.3) is 10.2 Å². The fourth-order valence-electron chi connectivity index (χ4n) is 4.98. The van der Waals surface area contributed by atoms with E-state index in [4.69, 9.17) is 0 Å². The Morgan fingerprint density at radius 2 is 1.83 bits per heavy atom. The van der Waals surface area contributed by atoms with E-state index < -0.39 is 45.9 Å². The highest BCUT2D eigenvalue weighted by molar-refractivity contribution is 7.87. The number of amides is 3. The molecule has 1 saturated heterocycles. The zero-order valence-corrected chi connectivity index (χ0v) is 23.6. The first-order valence-electron chi connectivity index (χ1n) is 12.8. The van der Waals surface area contributed by atoms with Gasteiger partial charge in [0.05, 0.1) is 21.8 Å². The number of anilines is 1. The molecule has 9 nitrogen and oxygen atoms in total. The van der Waals surface area contributed by atoms with Crippen molar-refractivity contribution in [3.8, 4) is 0 Å². The molecule has 0 saturated carbocycles.